The molecule has 2 aromatic rings. The Morgan fingerprint density at radius 1 is 1.20 bits per heavy atom. The van der Waals surface area contributed by atoms with Crippen molar-refractivity contribution in [3.05, 3.63) is 40.5 Å². The van der Waals surface area contributed by atoms with Crippen LogP contribution in [0.1, 0.15) is 0 Å². The molecule has 5 nitrogen and oxygen atoms in total. The zero-order chi connectivity index (χ0) is 14.4. The Morgan fingerprint density at radius 3 is 2.65 bits per heavy atom. The van der Waals surface area contributed by atoms with Crippen molar-refractivity contribution in [2.24, 2.45) is 0 Å². The van der Waals surface area contributed by atoms with Crippen LogP contribution in [0.5, 0.6) is 0 Å². The van der Waals surface area contributed by atoms with Gasteiger partial charge in [-0.25, -0.2) is 4.98 Å². The van der Waals surface area contributed by atoms with E-state index in [4.69, 9.17) is 27.9 Å². The van der Waals surface area contributed by atoms with E-state index in [0.29, 0.717) is 40.7 Å². The number of nitrogens with one attached hydrogen (secondary N) is 2. The van der Waals surface area contributed by atoms with Crippen molar-refractivity contribution in [2.75, 3.05) is 30.9 Å². The minimum atomic E-state index is 0.509. The number of hydrogen-bond acceptors (Lipinski definition) is 5. The second-order valence-electron chi connectivity index (χ2n) is 3.91. The molecule has 0 aliphatic carbocycles. The zero-order valence-electron chi connectivity index (χ0n) is 10.9. The van der Waals surface area contributed by atoms with Crippen molar-refractivity contribution < 1.29 is 4.74 Å². The molecular formula is C13H14Cl2N4O. The fraction of sp³-hybridized carbons (Fsp3) is 0.231. The molecule has 106 valence electrons. The van der Waals surface area contributed by atoms with Gasteiger partial charge in [-0.05, 0) is 18.2 Å². The summed E-state index contributed by atoms with van der Waals surface area (Å²) >= 11 is 12.2. The Morgan fingerprint density at radius 2 is 1.95 bits per heavy atom. The standard InChI is InChI=1S/C13H14Cl2N4O/c1-20-8-7-17-13-16-6-5-11(19-13)18-12-9(14)3-2-4-10(12)15/h2-6H,7-8H2,1H3,(H2,16,17,18,19). The molecule has 1 aromatic carbocycles. The maximum atomic E-state index is 6.10. The van der Waals surface area contributed by atoms with Crippen molar-refractivity contribution in [2.45, 2.75) is 0 Å². The maximum Gasteiger partial charge on any atom is 0.224 e. The third-order valence-electron chi connectivity index (χ3n) is 2.46. The topological polar surface area (TPSA) is 59.1 Å². The molecule has 7 heteroatoms. The first-order valence-electron chi connectivity index (χ1n) is 5.97. The van der Waals surface area contributed by atoms with Crippen LogP contribution in [-0.2, 0) is 4.74 Å². The second-order valence-corrected chi connectivity index (χ2v) is 4.72. The highest BCUT2D eigenvalue weighted by atomic mass is 35.5. The molecule has 0 radical (unpaired) electrons. The Hall–Kier alpha value is -1.56. The molecule has 0 saturated heterocycles. The van der Waals surface area contributed by atoms with E-state index in [1.165, 1.54) is 0 Å². The lowest BCUT2D eigenvalue weighted by atomic mass is 10.3. The van der Waals surface area contributed by atoms with Crippen LogP contribution < -0.4 is 10.6 Å². The van der Waals surface area contributed by atoms with Crippen LogP contribution in [0.2, 0.25) is 10.0 Å². The first-order valence-corrected chi connectivity index (χ1v) is 6.73. The van der Waals surface area contributed by atoms with Crippen LogP contribution in [0, 0.1) is 0 Å². The largest absolute Gasteiger partial charge is 0.383 e. The Labute approximate surface area is 127 Å². The van der Waals surface area contributed by atoms with Gasteiger partial charge in [-0.3, -0.25) is 0 Å². The smallest absolute Gasteiger partial charge is 0.224 e. The molecule has 1 aromatic heterocycles. The molecular weight excluding hydrogens is 299 g/mol. The molecule has 0 saturated carbocycles. The van der Waals surface area contributed by atoms with Gasteiger partial charge < -0.3 is 15.4 Å². The van der Waals surface area contributed by atoms with Gasteiger partial charge in [-0.15, -0.1) is 0 Å². The SMILES string of the molecule is COCCNc1nccc(Nc2c(Cl)cccc2Cl)n1. The van der Waals surface area contributed by atoms with Crippen LogP contribution in [-0.4, -0.2) is 30.2 Å². The maximum absolute atomic E-state index is 6.10. The minimum absolute atomic E-state index is 0.509. The van der Waals surface area contributed by atoms with E-state index in [1.54, 1.807) is 37.6 Å². The molecule has 0 aliphatic heterocycles. The van der Waals surface area contributed by atoms with E-state index in [-0.39, 0.29) is 0 Å². The Balaban J connectivity index is 2.11. The van der Waals surface area contributed by atoms with Crippen LogP contribution in [0.3, 0.4) is 0 Å². The van der Waals surface area contributed by atoms with E-state index < -0.39 is 0 Å². The van der Waals surface area contributed by atoms with E-state index >= 15 is 0 Å². The lowest BCUT2D eigenvalue weighted by molar-refractivity contribution is 0.210. The fourth-order valence-corrected chi connectivity index (χ4v) is 2.02. The summed E-state index contributed by atoms with van der Waals surface area (Å²) < 4.78 is 4.95. The quantitative estimate of drug-likeness (QED) is 0.798. The number of aromatic nitrogens is 2. The average molecular weight is 313 g/mol. The van der Waals surface area contributed by atoms with Gasteiger partial charge in [0.25, 0.3) is 0 Å². The molecule has 2 N–H and O–H groups in total. The molecule has 0 atom stereocenters. The molecule has 1 heterocycles. The molecule has 0 fully saturated rings. The summed E-state index contributed by atoms with van der Waals surface area (Å²) in [4.78, 5) is 8.43. The number of benzene rings is 1. The highest BCUT2D eigenvalue weighted by molar-refractivity contribution is 6.39. The lowest BCUT2D eigenvalue weighted by Gasteiger charge is -2.10. The summed E-state index contributed by atoms with van der Waals surface area (Å²) in [5, 5.41) is 7.20. The number of para-hydroxylation sites is 1. The average Bonchev–Trinajstić information content (AvgIpc) is 2.44. The third kappa shape index (κ3) is 3.96. The molecule has 20 heavy (non-hydrogen) atoms. The second kappa shape index (κ2) is 7.28. The van der Waals surface area contributed by atoms with Gasteiger partial charge >= 0.3 is 0 Å². The Bertz CT molecular complexity index is 560. The lowest BCUT2D eigenvalue weighted by Crippen LogP contribution is -2.10. The van der Waals surface area contributed by atoms with E-state index in [2.05, 4.69) is 20.6 Å². The molecule has 0 bridgehead atoms. The van der Waals surface area contributed by atoms with Crippen LogP contribution in [0.15, 0.2) is 30.5 Å². The predicted octanol–water partition coefficient (Wildman–Crippen LogP) is 3.59. The summed E-state index contributed by atoms with van der Waals surface area (Å²) in [6, 6.07) is 7.04. The Kier molecular flexibility index (Phi) is 5.40. The molecule has 2 rings (SSSR count). The number of anilines is 3. The van der Waals surface area contributed by atoms with E-state index in [9.17, 15) is 0 Å². The number of nitrogens with zero attached hydrogens (tertiary/aromatic N) is 2. The summed E-state index contributed by atoms with van der Waals surface area (Å²) in [5.41, 5.74) is 0.623. The summed E-state index contributed by atoms with van der Waals surface area (Å²) in [5.74, 6) is 1.12. The third-order valence-corrected chi connectivity index (χ3v) is 3.09. The van der Waals surface area contributed by atoms with Crippen molar-refractivity contribution >= 4 is 40.7 Å². The van der Waals surface area contributed by atoms with Gasteiger partial charge in [-0.1, -0.05) is 29.3 Å². The van der Waals surface area contributed by atoms with Gasteiger partial charge in [0, 0.05) is 19.9 Å². The molecule has 0 spiro atoms. The van der Waals surface area contributed by atoms with Gasteiger partial charge in [0.15, 0.2) is 0 Å². The summed E-state index contributed by atoms with van der Waals surface area (Å²) in [7, 11) is 1.64. The molecule has 0 unspecified atom stereocenters. The molecule has 0 amide bonds. The van der Waals surface area contributed by atoms with Crippen molar-refractivity contribution in [1.82, 2.24) is 9.97 Å². The highest BCUT2D eigenvalue weighted by Gasteiger charge is 2.07. The number of hydrogen-bond donors (Lipinski definition) is 2. The van der Waals surface area contributed by atoms with E-state index in [1.807, 2.05) is 0 Å². The van der Waals surface area contributed by atoms with Gasteiger partial charge in [0.2, 0.25) is 5.95 Å². The molecule has 0 aliphatic rings. The number of ether oxygens (including phenoxy) is 1. The predicted molar refractivity (Wildman–Crippen MR) is 82.1 cm³/mol. The van der Waals surface area contributed by atoms with Crippen molar-refractivity contribution in [1.29, 1.82) is 0 Å². The first-order chi connectivity index (χ1) is 9.70. The first kappa shape index (κ1) is 14.8. The van der Waals surface area contributed by atoms with E-state index in [0.717, 1.165) is 0 Å². The monoisotopic (exact) mass is 312 g/mol. The van der Waals surface area contributed by atoms with Crippen molar-refractivity contribution in [3.63, 3.8) is 0 Å². The number of methoxy groups -OCH3 is 1. The minimum Gasteiger partial charge on any atom is -0.383 e. The summed E-state index contributed by atoms with van der Waals surface area (Å²) in [6.45, 7) is 1.21. The number of rotatable bonds is 6. The van der Waals surface area contributed by atoms with Gasteiger partial charge in [0.05, 0.1) is 22.3 Å². The highest BCUT2D eigenvalue weighted by Crippen LogP contribution is 2.31. The zero-order valence-corrected chi connectivity index (χ0v) is 12.4. The van der Waals surface area contributed by atoms with Gasteiger partial charge in [0.1, 0.15) is 5.82 Å². The normalized spacial score (nSPS) is 10.3. The summed E-state index contributed by atoms with van der Waals surface area (Å²) in [6.07, 6.45) is 1.65. The van der Waals surface area contributed by atoms with Crippen molar-refractivity contribution in [3.8, 4) is 0 Å². The van der Waals surface area contributed by atoms with Crippen LogP contribution in [0.25, 0.3) is 0 Å². The fourth-order valence-electron chi connectivity index (χ4n) is 1.52. The van der Waals surface area contributed by atoms with Crippen LogP contribution in [0.4, 0.5) is 17.5 Å². The van der Waals surface area contributed by atoms with Crippen LogP contribution >= 0.6 is 23.2 Å². The number of halogens is 2. The van der Waals surface area contributed by atoms with Gasteiger partial charge in [-0.2, -0.15) is 4.98 Å².